The number of carboxylic acid groups (broad SMARTS) is 1. The molecule has 2 aliphatic heterocycles. The highest BCUT2D eigenvalue weighted by atomic mass is 32.2. The van der Waals surface area contributed by atoms with Crippen molar-refractivity contribution < 1.29 is 51.8 Å². The number of aryl methyl sites for hydroxylation is 3. The van der Waals surface area contributed by atoms with Crippen LogP contribution in [-0.4, -0.2) is 107 Å². The lowest BCUT2D eigenvalue weighted by molar-refractivity contribution is -0.138. The van der Waals surface area contributed by atoms with Crippen LogP contribution < -0.4 is 20.1 Å². The molecule has 3 heterocycles. The molecule has 5 amide bonds. The van der Waals surface area contributed by atoms with E-state index in [-0.39, 0.29) is 54.2 Å². The lowest BCUT2D eigenvalue weighted by Gasteiger charge is -2.27. The highest BCUT2D eigenvalue weighted by Crippen LogP contribution is 2.36. The third-order valence-electron chi connectivity index (χ3n) is 12.0. The number of imide groups is 2. The first-order valence-corrected chi connectivity index (χ1v) is 23.0. The Labute approximate surface area is 381 Å². The number of benzene rings is 4. The number of hydrogen-bond acceptors (Lipinski definition) is 12. The Bertz CT molecular complexity index is 2830. The van der Waals surface area contributed by atoms with E-state index in [0.29, 0.717) is 40.9 Å². The summed E-state index contributed by atoms with van der Waals surface area (Å²) in [6.45, 7) is 1.96. The minimum atomic E-state index is -3.88. The van der Waals surface area contributed by atoms with E-state index in [1.807, 2.05) is 37.3 Å². The number of piperidine rings is 1. The van der Waals surface area contributed by atoms with Crippen LogP contribution in [0.5, 0.6) is 11.5 Å². The number of fused-ring (bicyclic) bond motifs is 2. The highest BCUT2D eigenvalue weighted by Gasteiger charge is 2.46. The lowest BCUT2D eigenvalue weighted by Crippen LogP contribution is -2.54. The summed E-state index contributed by atoms with van der Waals surface area (Å²) in [4.78, 5) is 76.0. The van der Waals surface area contributed by atoms with Gasteiger partial charge >= 0.3 is 5.97 Å². The number of carbonyl (C=O) groups excluding carboxylic acids is 5. The number of amides is 5. The Morgan fingerprint density at radius 1 is 0.955 bits per heavy atom. The second kappa shape index (κ2) is 20.0. The van der Waals surface area contributed by atoms with Crippen LogP contribution in [0.4, 0.5) is 0 Å². The number of methoxy groups -OCH3 is 1. The van der Waals surface area contributed by atoms with Crippen LogP contribution >= 0.6 is 0 Å². The van der Waals surface area contributed by atoms with Gasteiger partial charge in [0.1, 0.15) is 28.6 Å². The molecular weight excluding hydrogens is 871 g/mol. The van der Waals surface area contributed by atoms with Gasteiger partial charge in [-0.3, -0.25) is 39.0 Å². The van der Waals surface area contributed by atoms with Gasteiger partial charge in [0.2, 0.25) is 21.8 Å². The predicted octanol–water partition coefficient (Wildman–Crippen LogP) is 4.41. The molecule has 0 aliphatic carbocycles. The summed E-state index contributed by atoms with van der Waals surface area (Å²) in [7, 11) is 0.921. The molecule has 4 aromatic carbocycles. The summed E-state index contributed by atoms with van der Waals surface area (Å²) in [5.74, 6) is -3.98. The molecule has 1 saturated heterocycles. The molecule has 1 unspecified atom stereocenters. The molecule has 7 rings (SSSR count). The topological polar surface area (TPSA) is 236 Å². The second-order valence-corrected chi connectivity index (χ2v) is 18.5. The minimum Gasteiger partial charge on any atom is -0.494 e. The standard InChI is InChI=1S/C47H51N7O11S/c1-28-13-16-30(35(25-42(57)58)31-23-36-44(39(24-31)64-4)53(3)51-50-36)22-32(28)26-52(2)66(62,63)33-17-14-29(15-18-33)10-7-5-6-8-21-48-41(56)27-65-38-12-9-11-34-43(38)47(61)54(46(34)60)37-19-20-40(55)49-45(37)59/h9,11-18,22-24,35,37H,5-8,10,19-21,25-27H2,1-4H3,(H,48,56)(H,57,58)(H,49,55,59)/t35-,37?/m0/s1. The zero-order chi connectivity index (χ0) is 47.3. The number of rotatable bonds is 20. The first kappa shape index (κ1) is 47.0. The van der Waals surface area contributed by atoms with Gasteiger partial charge in [-0.15, -0.1) is 5.10 Å². The molecule has 5 aromatic rings. The molecule has 19 heteroatoms. The molecule has 66 heavy (non-hydrogen) atoms. The molecule has 3 N–H and O–H groups in total. The maximum absolute atomic E-state index is 13.8. The number of aromatic nitrogens is 3. The van der Waals surface area contributed by atoms with Crippen molar-refractivity contribution in [3.8, 4) is 11.5 Å². The fourth-order valence-corrected chi connectivity index (χ4v) is 9.53. The molecule has 1 fully saturated rings. The Hall–Kier alpha value is -6.99. The number of nitrogens with zero attached hydrogens (tertiary/aromatic N) is 5. The molecule has 2 aliphatic rings. The van der Waals surface area contributed by atoms with Gasteiger partial charge in [-0.1, -0.05) is 54.5 Å². The van der Waals surface area contributed by atoms with Gasteiger partial charge in [-0.2, -0.15) is 4.31 Å². The monoisotopic (exact) mass is 921 g/mol. The summed E-state index contributed by atoms with van der Waals surface area (Å²) in [6.07, 6.45) is 3.82. The Morgan fingerprint density at radius 3 is 2.44 bits per heavy atom. The van der Waals surface area contributed by atoms with Crippen molar-refractivity contribution in [2.24, 2.45) is 7.05 Å². The predicted molar refractivity (Wildman–Crippen MR) is 239 cm³/mol. The first-order chi connectivity index (χ1) is 31.6. The van der Waals surface area contributed by atoms with E-state index in [0.717, 1.165) is 47.3 Å². The zero-order valence-electron chi connectivity index (χ0n) is 37.0. The SMILES string of the molecule is COc1cc([C@@H](CC(=O)O)c2ccc(C)c(CN(C)S(=O)(=O)c3ccc(CCCCCCNC(=O)COc4cccc5c4C(=O)N(C4CCC(=O)NC4=O)C5=O)cc3)c2)cc2nnn(C)c12. The molecule has 0 radical (unpaired) electrons. The fraction of sp³-hybridized carbons (Fsp3) is 0.362. The Balaban J connectivity index is 0.859. The van der Waals surface area contributed by atoms with Crippen molar-refractivity contribution in [3.05, 3.63) is 112 Å². The van der Waals surface area contributed by atoms with Gasteiger partial charge in [0.25, 0.3) is 17.7 Å². The smallest absolute Gasteiger partial charge is 0.304 e. The van der Waals surface area contributed by atoms with E-state index >= 15 is 0 Å². The van der Waals surface area contributed by atoms with Crippen LogP contribution in [0, 0.1) is 6.92 Å². The quantitative estimate of drug-likeness (QED) is 0.0726. The van der Waals surface area contributed by atoms with E-state index in [2.05, 4.69) is 20.9 Å². The number of aliphatic carboxylic acids is 1. The van der Waals surface area contributed by atoms with Gasteiger partial charge < -0.3 is 19.9 Å². The molecule has 2 atom stereocenters. The molecule has 0 spiro atoms. The van der Waals surface area contributed by atoms with Crippen LogP contribution in [0.25, 0.3) is 11.0 Å². The van der Waals surface area contributed by atoms with E-state index in [9.17, 15) is 42.3 Å². The van der Waals surface area contributed by atoms with E-state index in [4.69, 9.17) is 9.47 Å². The van der Waals surface area contributed by atoms with E-state index in [1.165, 1.54) is 36.7 Å². The van der Waals surface area contributed by atoms with Crippen molar-refractivity contribution in [1.29, 1.82) is 0 Å². The summed E-state index contributed by atoms with van der Waals surface area (Å²) < 4.78 is 41.6. The van der Waals surface area contributed by atoms with Gasteiger partial charge in [0, 0.05) is 39.5 Å². The summed E-state index contributed by atoms with van der Waals surface area (Å²) in [5, 5.41) is 23.1. The molecule has 346 valence electrons. The van der Waals surface area contributed by atoms with Gasteiger partial charge in [-0.05, 0) is 96.8 Å². The lowest BCUT2D eigenvalue weighted by atomic mass is 9.86. The van der Waals surface area contributed by atoms with E-state index in [1.54, 1.807) is 36.0 Å². The number of nitrogens with one attached hydrogen (secondary N) is 2. The minimum absolute atomic E-state index is 0.000450. The van der Waals surface area contributed by atoms with Crippen LogP contribution in [0.1, 0.15) is 99.4 Å². The van der Waals surface area contributed by atoms with Crippen molar-refractivity contribution >= 4 is 56.6 Å². The number of carbonyl (C=O) groups is 6. The van der Waals surface area contributed by atoms with Crippen LogP contribution in [0.3, 0.4) is 0 Å². The molecule has 0 saturated carbocycles. The largest absolute Gasteiger partial charge is 0.494 e. The Morgan fingerprint density at radius 2 is 1.71 bits per heavy atom. The van der Waals surface area contributed by atoms with Crippen molar-refractivity contribution in [3.63, 3.8) is 0 Å². The van der Waals surface area contributed by atoms with Crippen LogP contribution in [0.15, 0.2) is 77.7 Å². The van der Waals surface area contributed by atoms with Gasteiger partial charge in [0.15, 0.2) is 6.61 Å². The summed E-state index contributed by atoms with van der Waals surface area (Å²) in [6, 6.07) is 19.4. The Kier molecular flexibility index (Phi) is 14.3. The second-order valence-electron chi connectivity index (χ2n) is 16.5. The third kappa shape index (κ3) is 10.1. The first-order valence-electron chi connectivity index (χ1n) is 21.5. The van der Waals surface area contributed by atoms with Crippen LogP contribution in [-0.2, 0) is 49.2 Å². The third-order valence-corrected chi connectivity index (χ3v) is 13.8. The van der Waals surface area contributed by atoms with Crippen LogP contribution in [0.2, 0.25) is 0 Å². The van der Waals surface area contributed by atoms with Gasteiger partial charge in [0.05, 0.1) is 29.6 Å². The number of ether oxygens (including phenoxy) is 2. The maximum atomic E-state index is 13.8. The molecule has 18 nitrogen and oxygen atoms in total. The highest BCUT2D eigenvalue weighted by molar-refractivity contribution is 7.89. The molecule has 1 aromatic heterocycles. The number of hydrogen-bond donors (Lipinski definition) is 3. The number of unbranched alkanes of at least 4 members (excludes halogenated alkanes) is 3. The number of carboxylic acids is 1. The van der Waals surface area contributed by atoms with Crippen molar-refractivity contribution in [2.45, 2.75) is 81.7 Å². The molecular formula is C47H51N7O11S. The maximum Gasteiger partial charge on any atom is 0.304 e. The fourth-order valence-electron chi connectivity index (χ4n) is 8.38. The van der Waals surface area contributed by atoms with Crippen molar-refractivity contribution in [2.75, 3.05) is 27.3 Å². The summed E-state index contributed by atoms with van der Waals surface area (Å²) >= 11 is 0. The average molecular weight is 922 g/mol. The normalized spacial score (nSPS) is 15.5. The zero-order valence-corrected chi connectivity index (χ0v) is 37.9. The van der Waals surface area contributed by atoms with Crippen molar-refractivity contribution in [1.82, 2.24) is 34.8 Å². The molecule has 0 bridgehead atoms. The van der Waals surface area contributed by atoms with Gasteiger partial charge in [-0.25, -0.2) is 13.1 Å². The van der Waals surface area contributed by atoms with E-state index < -0.39 is 57.5 Å². The number of sulfonamides is 1. The average Bonchev–Trinajstić information content (AvgIpc) is 3.79. The summed E-state index contributed by atoms with van der Waals surface area (Å²) in [5.41, 5.74) is 5.25.